The molecule has 4 rings (SSSR count). The number of hydrogen-bond acceptors (Lipinski definition) is 7. The molecule has 2 aromatic rings. The molecule has 2 heterocycles. The van der Waals surface area contributed by atoms with Crippen LogP contribution in [0.5, 0.6) is 0 Å². The van der Waals surface area contributed by atoms with Gasteiger partial charge in [0, 0.05) is 16.8 Å². The minimum Gasteiger partial charge on any atom is -0.465 e. The molecule has 0 unspecified atom stereocenters. The highest BCUT2D eigenvalue weighted by atomic mass is 32.2. The predicted molar refractivity (Wildman–Crippen MR) is 123 cm³/mol. The number of nitrogens with zero attached hydrogens (tertiary/aromatic N) is 3. The van der Waals surface area contributed by atoms with Crippen LogP contribution in [-0.4, -0.2) is 39.5 Å². The normalized spacial score (nSPS) is 16.5. The maximum Gasteiger partial charge on any atom is 0.341 e. The Kier molecular flexibility index (Phi) is 7.01. The number of aryl methyl sites for hydroxylation is 1. The SMILES string of the molecule is COC(=O)c1c(NC(=O)CSc2nnc(C3CC3)n2C(C)C)sc2c1CCCCCC2. The first-order chi connectivity index (χ1) is 15.0. The van der Waals surface area contributed by atoms with Crippen molar-refractivity contribution in [2.45, 2.75) is 82.3 Å². The summed E-state index contributed by atoms with van der Waals surface area (Å²) >= 11 is 2.92. The molecule has 0 atom stereocenters. The number of amides is 1. The van der Waals surface area contributed by atoms with Gasteiger partial charge in [-0.3, -0.25) is 4.79 Å². The average molecular weight is 463 g/mol. The number of rotatable bonds is 7. The first-order valence-corrected chi connectivity index (χ1v) is 12.9. The van der Waals surface area contributed by atoms with Gasteiger partial charge >= 0.3 is 5.97 Å². The molecule has 0 radical (unpaired) electrons. The molecule has 1 N–H and O–H groups in total. The zero-order valence-electron chi connectivity index (χ0n) is 18.4. The van der Waals surface area contributed by atoms with Gasteiger partial charge in [0.2, 0.25) is 5.91 Å². The zero-order valence-corrected chi connectivity index (χ0v) is 20.0. The van der Waals surface area contributed by atoms with Crippen molar-refractivity contribution in [2.24, 2.45) is 0 Å². The molecule has 2 aliphatic carbocycles. The molecule has 1 amide bonds. The van der Waals surface area contributed by atoms with Crippen molar-refractivity contribution in [1.29, 1.82) is 0 Å². The number of esters is 1. The third-order valence-electron chi connectivity index (χ3n) is 5.80. The van der Waals surface area contributed by atoms with Gasteiger partial charge in [0.1, 0.15) is 10.8 Å². The summed E-state index contributed by atoms with van der Waals surface area (Å²) in [6.07, 6.45) is 8.70. The summed E-state index contributed by atoms with van der Waals surface area (Å²) in [4.78, 5) is 26.5. The highest BCUT2D eigenvalue weighted by Gasteiger charge is 2.31. The highest BCUT2D eigenvalue weighted by Crippen LogP contribution is 2.41. The van der Waals surface area contributed by atoms with Crippen LogP contribution in [-0.2, 0) is 22.4 Å². The molecule has 9 heteroatoms. The van der Waals surface area contributed by atoms with Gasteiger partial charge in [-0.25, -0.2) is 4.79 Å². The fourth-order valence-electron chi connectivity index (χ4n) is 4.11. The van der Waals surface area contributed by atoms with Crippen LogP contribution in [0.4, 0.5) is 5.00 Å². The van der Waals surface area contributed by atoms with E-state index in [0.717, 1.165) is 55.1 Å². The van der Waals surface area contributed by atoms with Gasteiger partial charge in [0.25, 0.3) is 0 Å². The number of carbonyl (C=O) groups excluding carboxylic acids is 2. The van der Waals surface area contributed by atoms with Gasteiger partial charge in [0.05, 0.1) is 18.4 Å². The van der Waals surface area contributed by atoms with Crippen LogP contribution < -0.4 is 5.32 Å². The van der Waals surface area contributed by atoms with E-state index in [1.165, 1.54) is 47.9 Å². The highest BCUT2D eigenvalue weighted by molar-refractivity contribution is 7.99. The van der Waals surface area contributed by atoms with Gasteiger partial charge < -0.3 is 14.6 Å². The van der Waals surface area contributed by atoms with Crippen molar-refractivity contribution >= 4 is 40.0 Å². The summed E-state index contributed by atoms with van der Waals surface area (Å²) in [7, 11) is 1.40. The minimum atomic E-state index is -0.366. The number of methoxy groups -OCH3 is 1. The van der Waals surface area contributed by atoms with Crippen molar-refractivity contribution in [2.75, 3.05) is 18.2 Å². The topological polar surface area (TPSA) is 86.1 Å². The molecule has 0 aromatic carbocycles. The number of aromatic nitrogens is 3. The molecule has 0 spiro atoms. The summed E-state index contributed by atoms with van der Waals surface area (Å²) in [5.74, 6) is 1.25. The second-order valence-electron chi connectivity index (χ2n) is 8.53. The molecule has 0 bridgehead atoms. The van der Waals surface area contributed by atoms with Crippen molar-refractivity contribution in [3.8, 4) is 0 Å². The lowest BCUT2D eigenvalue weighted by atomic mass is 9.96. The molecule has 1 fully saturated rings. The summed E-state index contributed by atoms with van der Waals surface area (Å²) in [5.41, 5.74) is 1.61. The molecule has 2 aliphatic rings. The molecule has 168 valence electrons. The number of fused-ring (bicyclic) bond motifs is 1. The summed E-state index contributed by atoms with van der Waals surface area (Å²) in [6, 6.07) is 0.249. The number of carbonyl (C=O) groups is 2. The Bertz CT molecular complexity index is 962. The minimum absolute atomic E-state index is 0.143. The number of anilines is 1. The smallest absolute Gasteiger partial charge is 0.341 e. The molecule has 31 heavy (non-hydrogen) atoms. The Morgan fingerprint density at radius 2 is 1.94 bits per heavy atom. The van der Waals surface area contributed by atoms with E-state index in [4.69, 9.17) is 4.74 Å². The number of nitrogens with one attached hydrogen (secondary N) is 1. The Hall–Kier alpha value is -1.87. The van der Waals surface area contributed by atoms with Gasteiger partial charge in [0.15, 0.2) is 5.16 Å². The lowest BCUT2D eigenvalue weighted by Crippen LogP contribution is -2.17. The Balaban J connectivity index is 1.49. The fourth-order valence-corrected chi connectivity index (χ4v) is 6.28. The second kappa shape index (κ2) is 9.73. The standard InChI is InChI=1S/C22H30N4O3S2/c1-13(2)26-19(14-10-11-14)24-25-22(26)30-12-17(27)23-20-18(21(28)29-3)15-8-6-4-5-7-9-16(15)31-20/h13-14H,4-12H2,1-3H3,(H,23,27). The van der Waals surface area contributed by atoms with E-state index in [2.05, 4.69) is 33.9 Å². The average Bonchev–Trinajstić information content (AvgIpc) is 3.40. The molecule has 0 saturated heterocycles. The quantitative estimate of drug-likeness (QED) is 0.462. The fraction of sp³-hybridized carbons (Fsp3) is 0.636. The number of thioether (sulfide) groups is 1. The summed E-state index contributed by atoms with van der Waals surface area (Å²) in [6.45, 7) is 4.23. The Morgan fingerprint density at radius 3 is 2.61 bits per heavy atom. The van der Waals surface area contributed by atoms with E-state index < -0.39 is 0 Å². The van der Waals surface area contributed by atoms with Gasteiger partial charge in [-0.1, -0.05) is 24.6 Å². The number of hydrogen-bond donors (Lipinski definition) is 1. The van der Waals surface area contributed by atoms with E-state index >= 15 is 0 Å². The summed E-state index contributed by atoms with van der Waals surface area (Å²) < 4.78 is 7.19. The Labute approximate surface area is 191 Å². The van der Waals surface area contributed by atoms with Crippen molar-refractivity contribution in [3.63, 3.8) is 0 Å². The largest absolute Gasteiger partial charge is 0.465 e. The molecule has 7 nitrogen and oxygen atoms in total. The van der Waals surface area contributed by atoms with Gasteiger partial charge in [-0.15, -0.1) is 21.5 Å². The first-order valence-electron chi connectivity index (χ1n) is 11.1. The lowest BCUT2D eigenvalue weighted by molar-refractivity contribution is -0.113. The van der Waals surface area contributed by atoms with Crippen LogP contribution in [0.2, 0.25) is 0 Å². The third kappa shape index (κ3) is 4.98. The van der Waals surface area contributed by atoms with Crippen molar-refractivity contribution in [1.82, 2.24) is 14.8 Å². The Morgan fingerprint density at radius 1 is 1.19 bits per heavy atom. The molecular weight excluding hydrogens is 432 g/mol. The monoisotopic (exact) mass is 462 g/mol. The number of thiophene rings is 1. The van der Waals surface area contributed by atoms with Crippen LogP contribution in [0.25, 0.3) is 0 Å². The van der Waals surface area contributed by atoms with Crippen molar-refractivity contribution < 1.29 is 14.3 Å². The third-order valence-corrected chi connectivity index (χ3v) is 7.95. The van der Waals surface area contributed by atoms with E-state index in [1.807, 2.05) is 0 Å². The number of ether oxygens (including phenoxy) is 1. The van der Waals surface area contributed by atoms with Gasteiger partial charge in [-0.05, 0) is 57.9 Å². The van der Waals surface area contributed by atoms with Crippen molar-refractivity contribution in [3.05, 3.63) is 21.8 Å². The molecule has 0 aliphatic heterocycles. The molecule has 1 saturated carbocycles. The van der Waals surface area contributed by atoms with E-state index in [-0.39, 0.29) is 23.7 Å². The molecule has 2 aromatic heterocycles. The van der Waals surface area contributed by atoms with E-state index in [1.54, 1.807) is 0 Å². The first kappa shape index (κ1) is 22.3. The maximum atomic E-state index is 12.8. The van der Waals surface area contributed by atoms with E-state index in [0.29, 0.717) is 16.5 Å². The van der Waals surface area contributed by atoms with Crippen LogP contribution in [0.1, 0.15) is 91.0 Å². The van der Waals surface area contributed by atoms with Crippen LogP contribution in [0.15, 0.2) is 5.16 Å². The summed E-state index contributed by atoms with van der Waals surface area (Å²) in [5, 5.41) is 13.1. The van der Waals surface area contributed by atoms with Crippen LogP contribution >= 0.6 is 23.1 Å². The van der Waals surface area contributed by atoms with Gasteiger partial charge in [-0.2, -0.15) is 0 Å². The van der Waals surface area contributed by atoms with E-state index in [9.17, 15) is 9.59 Å². The maximum absolute atomic E-state index is 12.8. The predicted octanol–water partition coefficient (Wildman–Crippen LogP) is 4.97. The van der Waals surface area contributed by atoms with Crippen LogP contribution in [0, 0.1) is 0 Å². The second-order valence-corrected chi connectivity index (χ2v) is 10.6. The lowest BCUT2D eigenvalue weighted by Gasteiger charge is -2.13. The van der Waals surface area contributed by atoms with Crippen LogP contribution in [0.3, 0.4) is 0 Å². The molecular formula is C22H30N4O3S2. The zero-order chi connectivity index (χ0) is 22.0.